The number of alkyl halides is 1. The van der Waals surface area contributed by atoms with Gasteiger partial charge in [0.2, 0.25) is 0 Å². The molecule has 0 aliphatic heterocycles. The normalized spacial score (nSPS) is 11.6. The van der Waals surface area contributed by atoms with Crippen LogP contribution < -0.4 is 0 Å². The zero-order valence-electron chi connectivity index (χ0n) is 11.7. The van der Waals surface area contributed by atoms with Crippen molar-refractivity contribution in [1.82, 2.24) is 9.78 Å². The van der Waals surface area contributed by atoms with E-state index >= 15 is 0 Å². The van der Waals surface area contributed by atoms with Gasteiger partial charge in [-0.1, -0.05) is 24.3 Å². The Morgan fingerprint density at radius 1 is 1.40 bits per heavy atom. The minimum absolute atomic E-state index is 0.0168. The second-order valence-electron chi connectivity index (χ2n) is 5.40. The molecule has 1 N–H and O–H groups in total. The average Bonchev–Trinajstić information content (AvgIpc) is 2.70. The molecule has 0 aliphatic rings. The van der Waals surface area contributed by atoms with Gasteiger partial charge >= 0.3 is 5.97 Å². The summed E-state index contributed by atoms with van der Waals surface area (Å²) in [4.78, 5) is 11.0. The fraction of sp³-hybridized carbons (Fsp3) is 0.333. The van der Waals surface area contributed by atoms with E-state index in [1.54, 1.807) is 7.05 Å². The molecule has 4 nitrogen and oxygen atoms in total. The number of halogens is 1. The van der Waals surface area contributed by atoms with Gasteiger partial charge in [-0.15, -0.1) is 0 Å². The van der Waals surface area contributed by atoms with E-state index in [0.29, 0.717) is 5.69 Å². The highest BCUT2D eigenvalue weighted by molar-refractivity contribution is 5.87. The van der Waals surface area contributed by atoms with Gasteiger partial charge in [0.1, 0.15) is 5.67 Å². The molecule has 1 heterocycles. The molecule has 0 spiro atoms. The van der Waals surface area contributed by atoms with Gasteiger partial charge in [-0.2, -0.15) is 5.10 Å². The Labute approximate surface area is 116 Å². The summed E-state index contributed by atoms with van der Waals surface area (Å²) < 4.78 is 15.4. The molecule has 0 saturated carbocycles. The maximum absolute atomic E-state index is 13.9. The van der Waals surface area contributed by atoms with Crippen LogP contribution in [0.4, 0.5) is 4.39 Å². The third-order valence-corrected chi connectivity index (χ3v) is 3.00. The van der Waals surface area contributed by atoms with E-state index in [2.05, 4.69) is 5.10 Å². The van der Waals surface area contributed by atoms with Crippen molar-refractivity contribution < 1.29 is 14.3 Å². The second-order valence-corrected chi connectivity index (χ2v) is 5.40. The zero-order chi connectivity index (χ0) is 14.9. The summed E-state index contributed by atoms with van der Waals surface area (Å²) in [5, 5.41) is 12.9. The van der Waals surface area contributed by atoms with E-state index in [1.807, 2.05) is 24.3 Å². The molecular weight excluding hydrogens is 259 g/mol. The maximum atomic E-state index is 13.9. The standard InChI is InChI=1S/C15H17FN2O2/c1-15(2,16)9-10-6-4-5-7-11(10)13-8-12(14(19)20)17-18(13)3/h4-8H,9H2,1-3H3,(H,19,20). The Bertz CT molecular complexity index is 642. The van der Waals surface area contributed by atoms with E-state index in [1.165, 1.54) is 24.6 Å². The monoisotopic (exact) mass is 276 g/mol. The number of aromatic nitrogens is 2. The van der Waals surface area contributed by atoms with Crippen LogP contribution in [-0.4, -0.2) is 26.5 Å². The Hall–Kier alpha value is -2.17. The van der Waals surface area contributed by atoms with Crippen LogP contribution in [0.5, 0.6) is 0 Å². The van der Waals surface area contributed by atoms with Gasteiger partial charge in [0, 0.05) is 19.0 Å². The van der Waals surface area contributed by atoms with E-state index < -0.39 is 11.6 Å². The summed E-state index contributed by atoms with van der Waals surface area (Å²) in [5.74, 6) is -1.07. The molecule has 0 atom stereocenters. The van der Waals surface area contributed by atoms with Crippen molar-refractivity contribution in [2.75, 3.05) is 0 Å². The van der Waals surface area contributed by atoms with Gasteiger partial charge in [0.25, 0.3) is 0 Å². The molecule has 0 aliphatic carbocycles. The van der Waals surface area contributed by atoms with Crippen LogP contribution in [0.3, 0.4) is 0 Å². The number of hydrogen-bond acceptors (Lipinski definition) is 2. The Kier molecular flexibility index (Phi) is 3.61. The first-order valence-electron chi connectivity index (χ1n) is 6.32. The van der Waals surface area contributed by atoms with Gasteiger partial charge in [-0.3, -0.25) is 4.68 Å². The van der Waals surface area contributed by atoms with Gasteiger partial charge < -0.3 is 5.11 Å². The molecular formula is C15H17FN2O2. The Morgan fingerprint density at radius 2 is 2.05 bits per heavy atom. The van der Waals surface area contributed by atoms with Crippen molar-refractivity contribution in [3.05, 3.63) is 41.6 Å². The van der Waals surface area contributed by atoms with Crippen LogP contribution in [0.15, 0.2) is 30.3 Å². The molecule has 0 radical (unpaired) electrons. The van der Waals surface area contributed by atoms with Crippen LogP contribution >= 0.6 is 0 Å². The highest BCUT2D eigenvalue weighted by atomic mass is 19.1. The van der Waals surface area contributed by atoms with Crippen LogP contribution in [0.2, 0.25) is 0 Å². The zero-order valence-corrected chi connectivity index (χ0v) is 11.7. The van der Waals surface area contributed by atoms with Crippen molar-refractivity contribution >= 4 is 5.97 Å². The van der Waals surface area contributed by atoms with Gasteiger partial charge in [0.15, 0.2) is 5.69 Å². The first-order valence-corrected chi connectivity index (χ1v) is 6.32. The summed E-state index contributed by atoms with van der Waals surface area (Å²) in [7, 11) is 1.68. The first-order chi connectivity index (χ1) is 9.28. The maximum Gasteiger partial charge on any atom is 0.356 e. The Morgan fingerprint density at radius 3 is 2.60 bits per heavy atom. The number of rotatable bonds is 4. The number of aromatic carboxylic acids is 1. The van der Waals surface area contributed by atoms with Gasteiger partial charge in [-0.05, 0) is 25.5 Å². The summed E-state index contributed by atoms with van der Waals surface area (Å²) in [6.07, 6.45) is 0.261. The van der Waals surface area contributed by atoms with E-state index in [-0.39, 0.29) is 12.1 Å². The molecule has 0 saturated heterocycles. The van der Waals surface area contributed by atoms with Gasteiger partial charge in [-0.25, -0.2) is 9.18 Å². The van der Waals surface area contributed by atoms with E-state index in [4.69, 9.17) is 5.11 Å². The summed E-state index contributed by atoms with van der Waals surface area (Å²) in [6.45, 7) is 3.05. The number of carboxylic acids is 1. The van der Waals surface area contributed by atoms with Crippen molar-refractivity contribution in [2.45, 2.75) is 25.9 Å². The molecule has 0 fully saturated rings. The number of carbonyl (C=O) groups is 1. The van der Waals surface area contributed by atoms with E-state index in [0.717, 1.165) is 11.1 Å². The van der Waals surface area contributed by atoms with Crippen LogP contribution in [0.1, 0.15) is 29.9 Å². The highest BCUT2D eigenvalue weighted by Crippen LogP contribution is 2.28. The number of carboxylic acid groups (broad SMARTS) is 1. The van der Waals surface area contributed by atoms with Crippen molar-refractivity contribution in [3.63, 3.8) is 0 Å². The third kappa shape index (κ3) is 3.04. The molecule has 2 rings (SSSR count). The van der Waals surface area contributed by atoms with E-state index in [9.17, 15) is 9.18 Å². The molecule has 1 aromatic carbocycles. The lowest BCUT2D eigenvalue weighted by Crippen LogP contribution is -2.16. The van der Waals surface area contributed by atoms with Crippen LogP contribution in [0, 0.1) is 0 Å². The summed E-state index contributed by atoms with van der Waals surface area (Å²) in [5.41, 5.74) is 0.962. The van der Waals surface area contributed by atoms with Crippen LogP contribution in [0.25, 0.3) is 11.3 Å². The molecule has 1 aromatic heterocycles. The quantitative estimate of drug-likeness (QED) is 0.933. The first kappa shape index (κ1) is 14.2. The predicted molar refractivity (Wildman–Crippen MR) is 74.5 cm³/mol. The topological polar surface area (TPSA) is 55.1 Å². The Balaban J connectivity index is 2.50. The SMILES string of the molecule is Cn1nc(C(=O)O)cc1-c1ccccc1CC(C)(C)F. The molecule has 5 heteroatoms. The molecule has 0 unspecified atom stereocenters. The number of nitrogens with zero attached hydrogens (tertiary/aromatic N) is 2. The fourth-order valence-electron chi connectivity index (χ4n) is 2.20. The third-order valence-electron chi connectivity index (χ3n) is 3.00. The lowest BCUT2D eigenvalue weighted by Gasteiger charge is -2.17. The molecule has 20 heavy (non-hydrogen) atoms. The van der Waals surface area contributed by atoms with Crippen molar-refractivity contribution in [3.8, 4) is 11.3 Å². The number of hydrogen-bond donors (Lipinski definition) is 1. The number of benzene rings is 1. The molecule has 2 aromatic rings. The molecule has 106 valence electrons. The smallest absolute Gasteiger partial charge is 0.356 e. The van der Waals surface area contributed by atoms with Crippen LogP contribution in [-0.2, 0) is 13.5 Å². The predicted octanol–water partition coefficient (Wildman–Crippen LogP) is 3.08. The summed E-state index contributed by atoms with van der Waals surface area (Å²) in [6, 6.07) is 8.90. The fourth-order valence-corrected chi connectivity index (χ4v) is 2.20. The highest BCUT2D eigenvalue weighted by Gasteiger charge is 2.20. The average molecular weight is 276 g/mol. The summed E-state index contributed by atoms with van der Waals surface area (Å²) >= 11 is 0. The molecule has 0 amide bonds. The number of aryl methyl sites for hydroxylation is 1. The lowest BCUT2D eigenvalue weighted by atomic mass is 9.94. The minimum atomic E-state index is -1.33. The minimum Gasteiger partial charge on any atom is -0.476 e. The van der Waals surface area contributed by atoms with Crippen molar-refractivity contribution in [2.24, 2.45) is 7.05 Å². The lowest BCUT2D eigenvalue weighted by molar-refractivity contribution is 0.0689. The second kappa shape index (κ2) is 5.07. The largest absolute Gasteiger partial charge is 0.476 e. The van der Waals surface area contributed by atoms with Crippen molar-refractivity contribution in [1.29, 1.82) is 0 Å². The van der Waals surface area contributed by atoms with Gasteiger partial charge in [0.05, 0.1) is 5.69 Å². The molecule has 0 bridgehead atoms.